The predicted molar refractivity (Wildman–Crippen MR) is 120 cm³/mol. The second kappa shape index (κ2) is 10.0. The minimum absolute atomic E-state index is 0.0510. The average molecular weight is 492 g/mol. The summed E-state index contributed by atoms with van der Waals surface area (Å²) >= 11 is 0. The van der Waals surface area contributed by atoms with E-state index in [1.807, 2.05) is 0 Å². The summed E-state index contributed by atoms with van der Waals surface area (Å²) in [5.41, 5.74) is 7.56. The van der Waals surface area contributed by atoms with Crippen molar-refractivity contribution in [3.8, 4) is 0 Å². The number of rotatable bonds is 10. The number of sulfone groups is 1. The topological polar surface area (TPSA) is 198 Å². The number of hydrogen-bond acceptors (Lipinski definition) is 9. The zero-order valence-electron chi connectivity index (χ0n) is 18.6. The first-order valence-electron chi connectivity index (χ1n) is 10.3. The Labute approximate surface area is 195 Å². The maximum absolute atomic E-state index is 12.7. The lowest BCUT2D eigenvalue weighted by Gasteiger charge is -2.15. The molecule has 0 bridgehead atoms. The second-order valence-electron chi connectivity index (χ2n) is 7.94. The molecule has 0 saturated heterocycles. The first kappa shape index (κ1) is 24.9. The number of nitrogens with two attached hydrogens (primary N) is 1. The zero-order valence-corrected chi connectivity index (χ0v) is 19.4. The van der Waals surface area contributed by atoms with E-state index in [1.165, 1.54) is 13.8 Å². The van der Waals surface area contributed by atoms with Gasteiger partial charge in [0.1, 0.15) is 16.8 Å². The lowest BCUT2D eigenvalue weighted by Crippen LogP contribution is -2.38. The van der Waals surface area contributed by atoms with Crippen LogP contribution in [0.4, 0.5) is 0 Å². The molecule has 2 atom stereocenters. The maximum Gasteiger partial charge on any atom is 0.309 e. The van der Waals surface area contributed by atoms with Crippen LogP contribution in [0, 0.1) is 25.2 Å². The molecule has 1 aromatic heterocycles. The third-order valence-corrected chi connectivity index (χ3v) is 7.32. The highest BCUT2D eigenvalue weighted by molar-refractivity contribution is 7.91. The van der Waals surface area contributed by atoms with Crippen LogP contribution in [0.3, 0.4) is 0 Å². The van der Waals surface area contributed by atoms with Gasteiger partial charge in [0.2, 0.25) is 5.91 Å². The fourth-order valence-corrected chi connectivity index (χ4v) is 5.47. The van der Waals surface area contributed by atoms with Crippen LogP contribution in [-0.4, -0.2) is 60.5 Å². The van der Waals surface area contributed by atoms with Gasteiger partial charge in [0.05, 0.1) is 29.5 Å². The van der Waals surface area contributed by atoms with Crippen molar-refractivity contribution in [2.24, 2.45) is 16.8 Å². The van der Waals surface area contributed by atoms with E-state index in [0.29, 0.717) is 17.7 Å². The van der Waals surface area contributed by atoms with Crippen molar-refractivity contribution in [3.63, 3.8) is 0 Å². The fourth-order valence-electron chi connectivity index (χ4n) is 3.55. The summed E-state index contributed by atoms with van der Waals surface area (Å²) in [6.45, 7) is 2.51. The van der Waals surface area contributed by atoms with Gasteiger partial charge in [-0.2, -0.15) is 0 Å². The van der Waals surface area contributed by atoms with Crippen molar-refractivity contribution in [1.82, 2.24) is 10.5 Å². The molecule has 13 heteroatoms. The number of hydrogen-bond donors (Lipinski definition) is 4. The van der Waals surface area contributed by atoms with Crippen molar-refractivity contribution in [2.75, 3.05) is 12.3 Å². The predicted octanol–water partition coefficient (Wildman–Crippen LogP) is 0.750. The van der Waals surface area contributed by atoms with E-state index in [0.717, 1.165) is 5.56 Å². The average Bonchev–Trinajstić information content (AvgIpc) is 3.37. The van der Waals surface area contributed by atoms with E-state index < -0.39 is 39.5 Å². The molecule has 182 valence electrons. The number of nitrogen functional groups attached to an aromatic ring is 1. The summed E-state index contributed by atoms with van der Waals surface area (Å²) in [5, 5.41) is 27.0. The fraction of sp³-hybridized carbons (Fsp3) is 0.381. The van der Waals surface area contributed by atoms with Crippen LogP contribution >= 0.6 is 0 Å². The number of amides is 1. The molecule has 1 aliphatic rings. The maximum atomic E-state index is 12.7. The SMILES string of the molecule is Cc1noc(C)c1S(=O)(=O)C[C@@H](CNC(=O)C[C@H]1CC(c2ccc(C(=N)N)cc2)=NO1)C(=O)O. The third-order valence-electron chi connectivity index (χ3n) is 5.27. The van der Waals surface area contributed by atoms with Gasteiger partial charge in [0.15, 0.2) is 15.6 Å². The number of oxime groups is 1. The smallest absolute Gasteiger partial charge is 0.309 e. The number of aromatic nitrogens is 1. The molecular weight excluding hydrogens is 466 g/mol. The largest absolute Gasteiger partial charge is 0.481 e. The number of amidine groups is 1. The Balaban J connectivity index is 1.53. The van der Waals surface area contributed by atoms with Crippen LogP contribution in [0.25, 0.3) is 0 Å². The number of nitrogens with zero attached hydrogens (tertiary/aromatic N) is 2. The van der Waals surface area contributed by atoms with E-state index in [2.05, 4.69) is 15.6 Å². The minimum Gasteiger partial charge on any atom is -0.481 e. The van der Waals surface area contributed by atoms with Crippen LogP contribution in [0.15, 0.2) is 38.8 Å². The van der Waals surface area contributed by atoms with Crippen molar-refractivity contribution >= 4 is 33.3 Å². The van der Waals surface area contributed by atoms with Crippen LogP contribution in [0.1, 0.15) is 35.4 Å². The Kier molecular flexibility index (Phi) is 7.35. The van der Waals surface area contributed by atoms with Gasteiger partial charge in [-0.15, -0.1) is 0 Å². The highest BCUT2D eigenvalue weighted by atomic mass is 32.2. The standard InChI is InChI=1S/C21H25N5O7S/c1-11-19(12(2)32-25-11)34(30,31)10-15(21(28)29)9-24-18(27)8-16-7-17(26-33-16)13-3-5-14(6-4-13)20(22)23/h3-6,15-16H,7-10H2,1-2H3,(H3,22,23)(H,24,27)(H,28,29)/t15-,16-/m1/s1. The lowest BCUT2D eigenvalue weighted by molar-refractivity contribution is -0.140. The molecule has 0 unspecified atom stereocenters. The van der Waals surface area contributed by atoms with Crippen molar-refractivity contribution in [3.05, 3.63) is 46.8 Å². The van der Waals surface area contributed by atoms with Crippen molar-refractivity contribution in [1.29, 1.82) is 5.41 Å². The highest BCUT2D eigenvalue weighted by Gasteiger charge is 2.32. The summed E-state index contributed by atoms with van der Waals surface area (Å²) in [5.74, 6) is -3.89. The molecule has 2 heterocycles. The summed E-state index contributed by atoms with van der Waals surface area (Å²) in [7, 11) is -3.99. The Morgan fingerprint density at radius 3 is 2.53 bits per heavy atom. The number of carboxylic acid groups (broad SMARTS) is 1. The molecule has 0 aliphatic carbocycles. The van der Waals surface area contributed by atoms with Crippen LogP contribution in [0.5, 0.6) is 0 Å². The van der Waals surface area contributed by atoms with E-state index in [-0.39, 0.29) is 35.2 Å². The van der Waals surface area contributed by atoms with Gasteiger partial charge >= 0.3 is 5.97 Å². The molecule has 34 heavy (non-hydrogen) atoms. The summed E-state index contributed by atoms with van der Waals surface area (Å²) in [6.07, 6.45) is -0.270. The quantitative estimate of drug-likeness (QED) is 0.273. The van der Waals surface area contributed by atoms with Crippen LogP contribution in [0.2, 0.25) is 0 Å². The molecule has 12 nitrogen and oxygen atoms in total. The van der Waals surface area contributed by atoms with E-state index in [1.54, 1.807) is 24.3 Å². The number of carboxylic acids is 1. The van der Waals surface area contributed by atoms with Gasteiger partial charge in [0.25, 0.3) is 0 Å². The molecule has 0 fully saturated rings. The van der Waals surface area contributed by atoms with Crippen LogP contribution in [-0.2, 0) is 24.3 Å². The van der Waals surface area contributed by atoms with Gasteiger partial charge in [0, 0.05) is 18.5 Å². The molecule has 0 saturated carbocycles. The number of aliphatic carboxylic acids is 1. The zero-order chi connectivity index (χ0) is 25.0. The molecular formula is C21H25N5O7S. The first-order valence-corrected chi connectivity index (χ1v) is 12.0. The number of carbonyl (C=O) groups is 2. The first-order chi connectivity index (χ1) is 16.0. The Bertz CT molecular complexity index is 1220. The minimum atomic E-state index is -3.99. The van der Waals surface area contributed by atoms with E-state index in [4.69, 9.17) is 20.5 Å². The molecule has 0 radical (unpaired) electrons. The van der Waals surface area contributed by atoms with Crippen LogP contribution < -0.4 is 11.1 Å². The van der Waals surface area contributed by atoms with Gasteiger partial charge < -0.3 is 25.5 Å². The number of carbonyl (C=O) groups excluding carboxylic acids is 1. The Morgan fingerprint density at radius 2 is 1.97 bits per heavy atom. The second-order valence-corrected chi connectivity index (χ2v) is 9.91. The van der Waals surface area contributed by atoms with Gasteiger partial charge in [-0.1, -0.05) is 34.6 Å². The molecule has 3 rings (SSSR count). The molecule has 1 amide bonds. The summed E-state index contributed by atoms with van der Waals surface area (Å²) in [6, 6.07) is 6.86. The number of nitrogens with one attached hydrogen (secondary N) is 2. The summed E-state index contributed by atoms with van der Waals surface area (Å²) in [4.78, 5) is 29.1. The molecule has 0 spiro atoms. The molecule has 5 N–H and O–H groups in total. The number of aryl methyl sites for hydroxylation is 2. The molecule has 1 aliphatic heterocycles. The normalized spacial score (nSPS) is 16.4. The molecule has 1 aromatic carbocycles. The molecule has 2 aromatic rings. The van der Waals surface area contributed by atoms with E-state index >= 15 is 0 Å². The summed E-state index contributed by atoms with van der Waals surface area (Å²) < 4.78 is 30.2. The van der Waals surface area contributed by atoms with E-state index in [9.17, 15) is 23.1 Å². The monoisotopic (exact) mass is 491 g/mol. The Hall–Kier alpha value is -3.74. The van der Waals surface area contributed by atoms with Crippen molar-refractivity contribution in [2.45, 2.75) is 37.7 Å². The van der Waals surface area contributed by atoms with Gasteiger partial charge in [-0.3, -0.25) is 15.0 Å². The van der Waals surface area contributed by atoms with Gasteiger partial charge in [-0.05, 0) is 19.4 Å². The number of benzene rings is 1. The van der Waals surface area contributed by atoms with Crippen molar-refractivity contribution < 1.29 is 32.5 Å². The Morgan fingerprint density at radius 1 is 1.29 bits per heavy atom. The lowest BCUT2D eigenvalue weighted by atomic mass is 10.0. The van der Waals surface area contributed by atoms with Gasteiger partial charge in [-0.25, -0.2) is 8.42 Å². The third kappa shape index (κ3) is 5.78. The highest BCUT2D eigenvalue weighted by Crippen LogP contribution is 2.23.